The molecule has 166 valence electrons. The van der Waals surface area contributed by atoms with Crippen molar-refractivity contribution in [3.63, 3.8) is 0 Å². The average Bonchev–Trinajstić information content (AvgIpc) is 2.74. The Labute approximate surface area is 185 Å². The van der Waals surface area contributed by atoms with Crippen LogP contribution in [0.25, 0.3) is 0 Å². The van der Waals surface area contributed by atoms with E-state index >= 15 is 0 Å². The van der Waals surface area contributed by atoms with E-state index in [1.165, 1.54) is 17.5 Å². The molecule has 0 unspecified atom stereocenters. The summed E-state index contributed by atoms with van der Waals surface area (Å²) in [5.74, 6) is -0.663. The maximum Gasteiger partial charge on any atom is 0.306 e. The zero-order chi connectivity index (χ0) is 22.5. The van der Waals surface area contributed by atoms with Crippen LogP contribution in [0.15, 0.2) is 60.7 Å². The highest BCUT2D eigenvalue weighted by molar-refractivity contribution is 6.99. The molecule has 5 nitrogen and oxygen atoms in total. The van der Waals surface area contributed by atoms with Crippen LogP contribution in [0.1, 0.15) is 40.0 Å². The maximum absolute atomic E-state index is 12.2. The van der Waals surface area contributed by atoms with E-state index in [4.69, 9.17) is 13.9 Å². The normalized spacial score (nSPS) is 19.5. The van der Waals surface area contributed by atoms with E-state index in [2.05, 4.69) is 45.0 Å². The Morgan fingerprint density at radius 3 is 2.06 bits per heavy atom. The average molecular weight is 441 g/mol. The van der Waals surface area contributed by atoms with E-state index in [1.807, 2.05) is 36.4 Å². The van der Waals surface area contributed by atoms with Crippen molar-refractivity contribution in [2.75, 3.05) is 13.7 Å². The highest BCUT2D eigenvalue weighted by Crippen LogP contribution is 2.37. The van der Waals surface area contributed by atoms with Crippen molar-refractivity contribution < 1.29 is 23.5 Å². The minimum Gasteiger partial charge on any atom is -0.469 e. The van der Waals surface area contributed by atoms with Crippen molar-refractivity contribution in [1.29, 1.82) is 0 Å². The zero-order valence-electron chi connectivity index (χ0n) is 18.8. The number of ether oxygens (including phenoxy) is 2. The summed E-state index contributed by atoms with van der Waals surface area (Å²) in [4.78, 5) is 23.9. The van der Waals surface area contributed by atoms with Crippen LogP contribution in [0.4, 0.5) is 0 Å². The van der Waals surface area contributed by atoms with Gasteiger partial charge in [0.2, 0.25) is 0 Å². The summed E-state index contributed by atoms with van der Waals surface area (Å²) >= 11 is 0. The van der Waals surface area contributed by atoms with Crippen molar-refractivity contribution in [1.82, 2.24) is 0 Å². The fourth-order valence-electron chi connectivity index (χ4n) is 4.53. The molecule has 1 aliphatic rings. The predicted molar refractivity (Wildman–Crippen MR) is 123 cm³/mol. The van der Waals surface area contributed by atoms with Gasteiger partial charge in [-0.05, 0) is 27.8 Å². The van der Waals surface area contributed by atoms with Crippen molar-refractivity contribution >= 4 is 30.6 Å². The van der Waals surface area contributed by atoms with Crippen LogP contribution in [0.3, 0.4) is 0 Å². The SMILES string of the molecule is COC(=O)C[C@H]1CC(=O)O[C@@H](CO[Si](c2ccccc2)(c2ccccc2)C(C)(C)C)C1. The van der Waals surface area contributed by atoms with Crippen LogP contribution in [0.5, 0.6) is 0 Å². The molecule has 31 heavy (non-hydrogen) atoms. The van der Waals surface area contributed by atoms with Gasteiger partial charge in [-0.15, -0.1) is 0 Å². The Morgan fingerprint density at radius 2 is 1.58 bits per heavy atom. The van der Waals surface area contributed by atoms with Gasteiger partial charge in [-0.3, -0.25) is 9.59 Å². The number of methoxy groups -OCH3 is 1. The van der Waals surface area contributed by atoms with Gasteiger partial charge in [0.15, 0.2) is 0 Å². The van der Waals surface area contributed by atoms with E-state index in [0.29, 0.717) is 13.0 Å². The topological polar surface area (TPSA) is 61.8 Å². The molecule has 6 heteroatoms. The Kier molecular flexibility index (Phi) is 7.33. The molecule has 1 saturated heterocycles. The first kappa shape index (κ1) is 23.2. The minimum absolute atomic E-state index is 0.0820. The molecule has 2 aromatic rings. The quantitative estimate of drug-likeness (QED) is 0.488. The number of hydrogen-bond acceptors (Lipinski definition) is 5. The molecule has 1 heterocycles. The van der Waals surface area contributed by atoms with Gasteiger partial charge >= 0.3 is 11.9 Å². The van der Waals surface area contributed by atoms with Gasteiger partial charge in [0.05, 0.1) is 13.7 Å². The zero-order valence-corrected chi connectivity index (χ0v) is 19.8. The highest BCUT2D eigenvalue weighted by Gasteiger charge is 2.50. The molecule has 0 aromatic heterocycles. The highest BCUT2D eigenvalue weighted by atomic mass is 28.4. The van der Waals surface area contributed by atoms with Crippen LogP contribution in [0, 0.1) is 5.92 Å². The standard InChI is InChI=1S/C25H32O5Si/c1-25(2,3)31(21-11-7-5-8-12-21,22-13-9-6-10-14-22)29-18-20-15-19(16-23(26)28-4)17-24(27)30-20/h5-14,19-20H,15-18H2,1-4H3/t19-,20+/m0/s1. The summed E-state index contributed by atoms with van der Waals surface area (Å²) in [6.07, 6.45) is 0.683. The Balaban J connectivity index is 1.91. The van der Waals surface area contributed by atoms with Crippen LogP contribution < -0.4 is 10.4 Å². The predicted octanol–water partition coefficient (Wildman–Crippen LogP) is 3.45. The minimum atomic E-state index is -2.70. The summed E-state index contributed by atoms with van der Waals surface area (Å²) in [7, 11) is -1.33. The Morgan fingerprint density at radius 1 is 1.03 bits per heavy atom. The lowest BCUT2D eigenvalue weighted by Gasteiger charge is -2.44. The molecule has 0 saturated carbocycles. The van der Waals surface area contributed by atoms with Gasteiger partial charge < -0.3 is 13.9 Å². The first-order valence-electron chi connectivity index (χ1n) is 10.8. The third-order valence-corrected chi connectivity index (χ3v) is 10.9. The van der Waals surface area contributed by atoms with Gasteiger partial charge in [-0.1, -0.05) is 81.4 Å². The number of hydrogen-bond donors (Lipinski definition) is 0. The van der Waals surface area contributed by atoms with E-state index in [-0.39, 0.29) is 41.8 Å². The number of benzene rings is 2. The molecule has 3 rings (SSSR count). The van der Waals surface area contributed by atoms with Crippen LogP contribution in [0.2, 0.25) is 5.04 Å². The third kappa shape index (κ3) is 5.25. The fourth-order valence-corrected chi connectivity index (χ4v) is 9.12. The molecule has 2 aromatic carbocycles. The summed E-state index contributed by atoms with van der Waals surface area (Å²) in [5.41, 5.74) is 0. The van der Waals surface area contributed by atoms with Crippen LogP contribution >= 0.6 is 0 Å². The van der Waals surface area contributed by atoms with Gasteiger partial charge in [0.1, 0.15) is 6.10 Å². The van der Waals surface area contributed by atoms with E-state index < -0.39 is 8.32 Å². The number of cyclic esters (lactones) is 1. The van der Waals surface area contributed by atoms with Crippen LogP contribution in [-0.2, 0) is 23.5 Å². The smallest absolute Gasteiger partial charge is 0.306 e. The van der Waals surface area contributed by atoms with E-state index in [0.717, 1.165) is 0 Å². The molecular weight excluding hydrogens is 408 g/mol. The number of carbonyl (C=O) groups excluding carboxylic acids is 2. The Hall–Kier alpha value is -2.44. The monoisotopic (exact) mass is 440 g/mol. The molecule has 0 radical (unpaired) electrons. The van der Waals surface area contributed by atoms with Crippen molar-refractivity contribution in [3.05, 3.63) is 60.7 Å². The van der Waals surface area contributed by atoms with Crippen LogP contribution in [-0.4, -0.2) is 40.1 Å². The second-order valence-electron chi connectivity index (χ2n) is 9.17. The second kappa shape index (κ2) is 9.79. The first-order valence-corrected chi connectivity index (χ1v) is 12.7. The first-order chi connectivity index (χ1) is 14.8. The second-order valence-corrected chi connectivity index (χ2v) is 13.5. The van der Waals surface area contributed by atoms with Crippen molar-refractivity contribution in [3.8, 4) is 0 Å². The third-order valence-electron chi connectivity index (χ3n) is 5.94. The summed E-state index contributed by atoms with van der Waals surface area (Å²) in [6, 6.07) is 20.7. The fraction of sp³-hybridized carbons (Fsp3) is 0.440. The molecule has 0 amide bonds. The molecule has 0 bridgehead atoms. The molecular formula is C25H32O5Si. The molecule has 2 atom stereocenters. The summed E-state index contributed by atoms with van der Waals surface area (Å²) in [6.45, 7) is 6.95. The molecule has 1 aliphatic heterocycles. The molecule has 0 spiro atoms. The number of rotatable bonds is 7. The summed E-state index contributed by atoms with van der Waals surface area (Å²) in [5, 5.41) is 2.21. The van der Waals surface area contributed by atoms with E-state index in [1.54, 1.807) is 0 Å². The van der Waals surface area contributed by atoms with Crippen molar-refractivity contribution in [2.45, 2.75) is 51.2 Å². The lowest BCUT2D eigenvalue weighted by Crippen LogP contribution is -2.67. The Bertz CT molecular complexity index is 836. The molecule has 1 fully saturated rings. The molecule has 0 aliphatic carbocycles. The van der Waals surface area contributed by atoms with Gasteiger partial charge in [-0.2, -0.15) is 0 Å². The number of esters is 2. The lowest BCUT2D eigenvalue weighted by atomic mass is 9.92. The van der Waals surface area contributed by atoms with Gasteiger partial charge in [-0.25, -0.2) is 0 Å². The van der Waals surface area contributed by atoms with Crippen molar-refractivity contribution in [2.24, 2.45) is 5.92 Å². The van der Waals surface area contributed by atoms with E-state index in [9.17, 15) is 9.59 Å². The summed E-state index contributed by atoms with van der Waals surface area (Å²) < 4.78 is 17.3. The van der Waals surface area contributed by atoms with Gasteiger partial charge in [0.25, 0.3) is 8.32 Å². The largest absolute Gasteiger partial charge is 0.469 e. The lowest BCUT2D eigenvalue weighted by molar-refractivity contribution is -0.160. The maximum atomic E-state index is 12.2. The van der Waals surface area contributed by atoms with Gasteiger partial charge in [0, 0.05) is 12.8 Å². The molecule has 0 N–H and O–H groups in total. The number of carbonyl (C=O) groups is 2.